The predicted octanol–water partition coefficient (Wildman–Crippen LogP) is 3.28. The molecule has 0 amide bonds. The molecule has 0 aliphatic carbocycles. The van der Waals surface area contributed by atoms with Crippen molar-refractivity contribution in [1.29, 1.82) is 0 Å². The highest BCUT2D eigenvalue weighted by Crippen LogP contribution is 2.34. The number of unbranched alkanes of at least 4 members (excludes halogenated alkanes) is 2. The maximum atomic E-state index is 9.76. The van der Waals surface area contributed by atoms with Crippen LogP contribution < -0.4 is 0 Å². The van der Waals surface area contributed by atoms with Crippen LogP contribution in [-0.4, -0.2) is 23.4 Å². The summed E-state index contributed by atoms with van der Waals surface area (Å²) in [4.78, 5) is 0. The lowest BCUT2D eigenvalue weighted by Crippen LogP contribution is -2.41. The van der Waals surface area contributed by atoms with Gasteiger partial charge in [-0.25, -0.2) is 0 Å². The van der Waals surface area contributed by atoms with Crippen LogP contribution in [0.5, 0.6) is 0 Å². The van der Waals surface area contributed by atoms with E-state index in [1.807, 2.05) is 0 Å². The van der Waals surface area contributed by atoms with Gasteiger partial charge in [-0.2, -0.15) is 0 Å². The Hall–Kier alpha value is -0.0800. The number of aliphatic hydroxyl groups excluding tert-OH is 1. The molecule has 0 aromatic heterocycles. The fraction of sp³-hybridized carbons (Fsp3) is 1.00. The molecule has 0 radical (unpaired) electrons. The van der Waals surface area contributed by atoms with Crippen LogP contribution in [-0.2, 0) is 4.74 Å². The fourth-order valence-corrected chi connectivity index (χ4v) is 2.47. The van der Waals surface area contributed by atoms with Crippen molar-refractivity contribution in [1.82, 2.24) is 0 Å². The van der Waals surface area contributed by atoms with Crippen LogP contribution in [0.15, 0.2) is 0 Å². The summed E-state index contributed by atoms with van der Waals surface area (Å²) in [7, 11) is 0. The van der Waals surface area contributed by atoms with Gasteiger partial charge < -0.3 is 9.84 Å². The summed E-state index contributed by atoms with van der Waals surface area (Å²) >= 11 is 0. The van der Waals surface area contributed by atoms with Crippen LogP contribution in [0.2, 0.25) is 0 Å². The van der Waals surface area contributed by atoms with E-state index < -0.39 is 0 Å². The van der Waals surface area contributed by atoms with Crippen molar-refractivity contribution in [3.05, 3.63) is 0 Å². The van der Waals surface area contributed by atoms with Crippen molar-refractivity contribution in [3.8, 4) is 0 Å². The minimum atomic E-state index is -0.132. The number of rotatable bonds is 6. The van der Waals surface area contributed by atoms with Gasteiger partial charge in [0.05, 0.1) is 11.7 Å². The molecule has 0 bridgehead atoms. The second-order valence-corrected chi connectivity index (χ2v) is 4.89. The van der Waals surface area contributed by atoms with Crippen LogP contribution in [0.25, 0.3) is 0 Å². The van der Waals surface area contributed by atoms with Crippen molar-refractivity contribution >= 4 is 0 Å². The maximum Gasteiger partial charge on any atom is 0.0707 e. The topological polar surface area (TPSA) is 29.5 Å². The Morgan fingerprint density at radius 2 is 1.80 bits per heavy atom. The number of aliphatic hydroxyl groups is 1. The molecule has 1 fully saturated rings. The van der Waals surface area contributed by atoms with E-state index in [4.69, 9.17) is 4.74 Å². The summed E-state index contributed by atoms with van der Waals surface area (Å²) in [5.41, 5.74) is 0.00366. The standard InChI is InChI=1S/C13H26O2/c1-3-5-8-13(9-6-4-2)11-12(14)7-10-15-13/h12,14H,3-11H2,1-2H3. The van der Waals surface area contributed by atoms with Gasteiger partial charge in [-0.05, 0) is 19.3 Å². The van der Waals surface area contributed by atoms with Gasteiger partial charge in [0.1, 0.15) is 0 Å². The Morgan fingerprint density at radius 1 is 1.20 bits per heavy atom. The molecule has 1 aliphatic rings. The Bertz CT molecular complexity index is 160. The molecule has 1 atom stereocenters. The molecule has 0 spiro atoms. The first kappa shape index (κ1) is 13.0. The lowest BCUT2D eigenvalue weighted by Gasteiger charge is -2.40. The molecular formula is C13H26O2. The minimum Gasteiger partial charge on any atom is -0.393 e. The molecule has 0 aromatic rings. The molecule has 15 heavy (non-hydrogen) atoms. The first-order chi connectivity index (χ1) is 7.22. The van der Waals surface area contributed by atoms with E-state index in [9.17, 15) is 5.11 Å². The van der Waals surface area contributed by atoms with E-state index in [1.54, 1.807) is 0 Å². The summed E-state index contributed by atoms with van der Waals surface area (Å²) < 4.78 is 5.98. The zero-order chi connectivity index (χ0) is 11.1. The summed E-state index contributed by atoms with van der Waals surface area (Å²) in [5.74, 6) is 0. The maximum absolute atomic E-state index is 9.76. The van der Waals surface area contributed by atoms with Gasteiger partial charge in [0, 0.05) is 13.0 Å². The summed E-state index contributed by atoms with van der Waals surface area (Å²) in [6.07, 6.45) is 8.66. The Labute approximate surface area is 94.0 Å². The zero-order valence-electron chi connectivity index (χ0n) is 10.3. The molecule has 1 saturated heterocycles. The fourth-order valence-electron chi connectivity index (χ4n) is 2.47. The summed E-state index contributed by atoms with van der Waals surface area (Å²) in [5, 5.41) is 9.76. The highest BCUT2D eigenvalue weighted by molar-refractivity contribution is 4.86. The van der Waals surface area contributed by atoms with E-state index in [0.29, 0.717) is 0 Å². The second kappa shape index (κ2) is 6.49. The Balaban J connectivity index is 2.49. The highest BCUT2D eigenvalue weighted by atomic mass is 16.5. The van der Waals surface area contributed by atoms with Gasteiger partial charge in [-0.3, -0.25) is 0 Å². The van der Waals surface area contributed by atoms with Gasteiger partial charge in [-0.15, -0.1) is 0 Å². The lowest BCUT2D eigenvalue weighted by atomic mass is 9.83. The quantitative estimate of drug-likeness (QED) is 0.735. The van der Waals surface area contributed by atoms with Crippen LogP contribution >= 0.6 is 0 Å². The molecule has 2 heteroatoms. The third-order valence-corrected chi connectivity index (χ3v) is 3.44. The molecule has 0 saturated carbocycles. The second-order valence-electron chi connectivity index (χ2n) is 4.89. The Kier molecular flexibility index (Phi) is 5.62. The molecule has 1 aliphatic heterocycles. The Morgan fingerprint density at radius 3 is 2.27 bits per heavy atom. The van der Waals surface area contributed by atoms with Gasteiger partial charge in [0.2, 0.25) is 0 Å². The van der Waals surface area contributed by atoms with E-state index in [-0.39, 0.29) is 11.7 Å². The number of hydrogen-bond acceptors (Lipinski definition) is 2. The normalized spacial score (nSPS) is 25.4. The van der Waals surface area contributed by atoms with E-state index in [1.165, 1.54) is 25.7 Å². The lowest BCUT2D eigenvalue weighted by molar-refractivity contribution is -0.128. The molecule has 1 heterocycles. The van der Waals surface area contributed by atoms with Crippen molar-refractivity contribution in [2.75, 3.05) is 6.61 Å². The molecule has 1 N–H and O–H groups in total. The van der Waals surface area contributed by atoms with E-state index in [2.05, 4.69) is 13.8 Å². The smallest absolute Gasteiger partial charge is 0.0707 e. The van der Waals surface area contributed by atoms with Crippen LogP contribution in [0.3, 0.4) is 0 Å². The average Bonchev–Trinajstić information content (AvgIpc) is 2.24. The van der Waals surface area contributed by atoms with E-state index in [0.717, 1.165) is 32.3 Å². The average molecular weight is 214 g/mol. The van der Waals surface area contributed by atoms with Crippen LogP contribution in [0, 0.1) is 0 Å². The highest BCUT2D eigenvalue weighted by Gasteiger charge is 2.35. The van der Waals surface area contributed by atoms with Crippen molar-refractivity contribution in [3.63, 3.8) is 0 Å². The van der Waals surface area contributed by atoms with Crippen LogP contribution in [0.4, 0.5) is 0 Å². The summed E-state index contributed by atoms with van der Waals surface area (Å²) in [6, 6.07) is 0. The first-order valence-electron chi connectivity index (χ1n) is 6.54. The van der Waals surface area contributed by atoms with Crippen molar-refractivity contribution in [2.45, 2.75) is 76.9 Å². The van der Waals surface area contributed by atoms with Gasteiger partial charge in [0.25, 0.3) is 0 Å². The minimum absolute atomic E-state index is 0.00366. The first-order valence-corrected chi connectivity index (χ1v) is 6.54. The van der Waals surface area contributed by atoms with Crippen molar-refractivity contribution in [2.24, 2.45) is 0 Å². The number of ether oxygens (including phenoxy) is 1. The van der Waals surface area contributed by atoms with Gasteiger partial charge >= 0.3 is 0 Å². The molecule has 1 rings (SSSR count). The van der Waals surface area contributed by atoms with Crippen molar-refractivity contribution < 1.29 is 9.84 Å². The molecule has 90 valence electrons. The molecule has 1 unspecified atom stereocenters. The zero-order valence-corrected chi connectivity index (χ0v) is 10.3. The van der Waals surface area contributed by atoms with Gasteiger partial charge in [-0.1, -0.05) is 39.5 Å². The third kappa shape index (κ3) is 4.12. The predicted molar refractivity (Wildman–Crippen MR) is 63.0 cm³/mol. The number of hydrogen-bond donors (Lipinski definition) is 1. The third-order valence-electron chi connectivity index (χ3n) is 3.44. The van der Waals surface area contributed by atoms with Gasteiger partial charge in [0.15, 0.2) is 0 Å². The largest absolute Gasteiger partial charge is 0.393 e. The molecular weight excluding hydrogens is 188 g/mol. The molecule has 0 aromatic carbocycles. The molecule has 2 nitrogen and oxygen atoms in total. The SMILES string of the molecule is CCCCC1(CCCC)CC(O)CCO1. The summed E-state index contributed by atoms with van der Waals surface area (Å²) in [6.45, 7) is 5.17. The monoisotopic (exact) mass is 214 g/mol. The van der Waals surface area contributed by atoms with E-state index >= 15 is 0 Å². The van der Waals surface area contributed by atoms with Crippen LogP contribution in [0.1, 0.15) is 65.2 Å².